The molecule has 0 aliphatic rings. The fourth-order valence-electron chi connectivity index (χ4n) is 2.49. The van der Waals surface area contributed by atoms with Crippen molar-refractivity contribution in [1.29, 1.82) is 0 Å². The number of hydrogen-bond acceptors (Lipinski definition) is 4. The molecule has 23 heavy (non-hydrogen) atoms. The summed E-state index contributed by atoms with van der Waals surface area (Å²) in [6.07, 6.45) is 0. The van der Waals surface area contributed by atoms with Crippen molar-refractivity contribution in [1.82, 2.24) is 9.78 Å². The van der Waals surface area contributed by atoms with E-state index in [0.29, 0.717) is 24.7 Å². The van der Waals surface area contributed by atoms with Crippen LogP contribution >= 0.6 is 12.4 Å². The standard InChI is InChI=1S/C17H24N4O.ClH/c1-11(2)10-21-17(22)16(19-4)12(3)15(20-21)14-7-5-13(9-18)6-8-14;/h5-8,11,19H,9-10,18H2,1-4H3;1H. The van der Waals surface area contributed by atoms with Gasteiger partial charge in [0.2, 0.25) is 0 Å². The van der Waals surface area contributed by atoms with Crippen molar-refractivity contribution < 1.29 is 0 Å². The van der Waals surface area contributed by atoms with Crippen LogP contribution in [0.2, 0.25) is 0 Å². The van der Waals surface area contributed by atoms with Gasteiger partial charge in [-0.25, -0.2) is 4.68 Å². The van der Waals surface area contributed by atoms with Gasteiger partial charge in [0.1, 0.15) is 5.69 Å². The SMILES string of the molecule is CNc1c(C)c(-c2ccc(CN)cc2)nn(CC(C)C)c1=O.Cl. The molecule has 0 atom stereocenters. The summed E-state index contributed by atoms with van der Waals surface area (Å²) in [7, 11) is 1.77. The molecule has 2 aromatic rings. The van der Waals surface area contributed by atoms with Gasteiger partial charge >= 0.3 is 0 Å². The highest BCUT2D eigenvalue weighted by atomic mass is 35.5. The zero-order chi connectivity index (χ0) is 16.3. The second-order valence-corrected chi connectivity index (χ2v) is 5.88. The number of hydrogen-bond donors (Lipinski definition) is 2. The largest absolute Gasteiger partial charge is 0.383 e. The highest BCUT2D eigenvalue weighted by Gasteiger charge is 2.15. The van der Waals surface area contributed by atoms with E-state index in [0.717, 1.165) is 22.4 Å². The summed E-state index contributed by atoms with van der Waals surface area (Å²) < 4.78 is 1.55. The number of nitrogens with one attached hydrogen (secondary N) is 1. The predicted octanol–water partition coefficient (Wildman–Crippen LogP) is 2.80. The van der Waals surface area contributed by atoms with Crippen molar-refractivity contribution >= 4 is 18.1 Å². The fourth-order valence-corrected chi connectivity index (χ4v) is 2.49. The third-order valence-corrected chi connectivity index (χ3v) is 3.65. The zero-order valence-electron chi connectivity index (χ0n) is 14.1. The molecule has 1 aromatic carbocycles. The van der Waals surface area contributed by atoms with Gasteiger partial charge in [-0.15, -0.1) is 12.4 Å². The number of anilines is 1. The third-order valence-electron chi connectivity index (χ3n) is 3.65. The average Bonchev–Trinajstić information content (AvgIpc) is 2.50. The molecule has 126 valence electrons. The molecule has 0 bridgehead atoms. The molecule has 1 heterocycles. The highest BCUT2D eigenvalue weighted by Crippen LogP contribution is 2.24. The lowest BCUT2D eigenvalue weighted by atomic mass is 10.0. The Hall–Kier alpha value is -1.85. The van der Waals surface area contributed by atoms with Crippen LogP contribution in [0.3, 0.4) is 0 Å². The van der Waals surface area contributed by atoms with Gasteiger partial charge in [-0.05, 0) is 18.4 Å². The number of nitrogens with two attached hydrogens (primary N) is 1. The Morgan fingerprint density at radius 1 is 1.26 bits per heavy atom. The van der Waals surface area contributed by atoms with Gasteiger partial charge in [0, 0.05) is 31.3 Å². The topological polar surface area (TPSA) is 72.9 Å². The number of aromatic nitrogens is 2. The minimum atomic E-state index is -0.0731. The molecule has 0 unspecified atom stereocenters. The maximum absolute atomic E-state index is 12.5. The van der Waals surface area contributed by atoms with Gasteiger partial charge in [-0.1, -0.05) is 38.1 Å². The molecular formula is C17H25ClN4O. The van der Waals surface area contributed by atoms with E-state index in [9.17, 15) is 4.79 Å². The van der Waals surface area contributed by atoms with E-state index < -0.39 is 0 Å². The van der Waals surface area contributed by atoms with Crippen molar-refractivity contribution in [3.8, 4) is 11.3 Å². The Morgan fingerprint density at radius 2 is 1.87 bits per heavy atom. The molecule has 0 radical (unpaired) electrons. The Labute approximate surface area is 143 Å². The Balaban J connectivity index is 0.00000264. The molecule has 0 saturated heterocycles. The summed E-state index contributed by atoms with van der Waals surface area (Å²) in [6.45, 7) is 7.18. The van der Waals surface area contributed by atoms with Crippen LogP contribution in [0.15, 0.2) is 29.1 Å². The van der Waals surface area contributed by atoms with Crippen molar-refractivity contribution in [2.75, 3.05) is 12.4 Å². The smallest absolute Gasteiger partial charge is 0.290 e. The van der Waals surface area contributed by atoms with E-state index in [4.69, 9.17) is 5.73 Å². The van der Waals surface area contributed by atoms with Gasteiger partial charge < -0.3 is 11.1 Å². The van der Waals surface area contributed by atoms with Crippen LogP contribution in [0.4, 0.5) is 5.69 Å². The van der Waals surface area contributed by atoms with E-state index in [1.54, 1.807) is 11.7 Å². The fraction of sp³-hybridized carbons (Fsp3) is 0.412. The Kier molecular flexibility index (Phi) is 6.79. The van der Waals surface area contributed by atoms with Gasteiger partial charge in [0.25, 0.3) is 5.56 Å². The van der Waals surface area contributed by atoms with Crippen LogP contribution in [-0.4, -0.2) is 16.8 Å². The maximum atomic E-state index is 12.5. The highest BCUT2D eigenvalue weighted by molar-refractivity contribution is 5.85. The molecule has 0 aliphatic carbocycles. The lowest BCUT2D eigenvalue weighted by Gasteiger charge is -2.15. The molecule has 0 saturated carbocycles. The first-order valence-corrected chi connectivity index (χ1v) is 7.56. The van der Waals surface area contributed by atoms with E-state index in [2.05, 4.69) is 24.3 Å². The zero-order valence-corrected chi connectivity index (χ0v) is 14.9. The van der Waals surface area contributed by atoms with Gasteiger partial charge in [-0.2, -0.15) is 5.10 Å². The van der Waals surface area contributed by atoms with Crippen LogP contribution in [0.5, 0.6) is 0 Å². The number of halogens is 1. The van der Waals surface area contributed by atoms with Crippen molar-refractivity contribution in [2.45, 2.75) is 33.9 Å². The normalized spacial score (nSPS) is 10.5. The lowest BCUT2D eigenvalue weighted by molar-refractivity contribution is 0.465. The van der Waals surface area contributed by atoms with E-state index in [1.165, 1.54) is 0 Å². The molecule has 0 spiro atoms. The number of benzene rings is 1. The first kappa shape index (κ1) is 19.2. The van der Waals surface area contributed by atoms with Crippen LogP contribution in [0, 0.1) is 12.8 Å². The van der Waals surface area contributed by atoms with Crippen molar-refractivity contribution in [3.05, 3.63) is 45.7 Å². The number of nitrogens with zero attached hydrogens (tertiary/aromatic N) is 2. The van der Waals surface area contributed by atoms with Crippen LogP contribution in [0.1, 0.15) is 25.0 Å². The molecule has 6 heteroatoms. The molecule has 0 fully saturated rings. The van der Waals surface area contributed by atoms with Gasteiger partial charge in [-0.3, -0.25) is 4.79 Å². The maximum Gasteiger partial charge on any atom is 0.290 e. The average molecular weight is 337 g/mol. The van der Waals surface area contributed by atoms with Crippen molar-refractivity contribution in [2.24, 2.45) is 11.7 Å². The predicted molar refractivity (Wildman–Crippen MR) is 98.2 cm³/mol. The van der Waals surface area contributed by atoms with Gasteiger partial charge in [0.15, 0.2) is 0 Å². The second kappa shape index (κ2) is 8.13. The Bertz CT molecular complexity index is 708. The minimum absolute atomic E-state index is 0. The molecule has 0 aliphatic heterocycles. The second-order valence-electron chi connectivity index (χ2n) is 5.88. The van der Waals surface area contributed by atoms with Crippen LogP contribution in [0.25, 0.3) is 11.3 Å². The molecule has 3 N–H and O–H groups in total. The molecule has 5 nitrogen and oxygen atoms in total. The quantitative estimate of drug-likeness (QED) is 0.880. The first-order chi connectivity index (χ1) is 10.5. The molecule has 0 amide bonds. The summed E-state index contributed by atoms with van der Waals surface area (Å²) in [5.74, 6) is 0.352. The van der Waals surface area contributed by atoms with Gasteiger partial charge in [0.05, 0.1) is 5.69 Å². The summed E-state index contributed by atoms with van der Waals surface area (Å²) >= 11 is 0. The molecule has 1 aromatic heterocycles. The van der Waals surface area contributed by atoms with Crippen molar-refractivity contribution in [3.63, 3.8) is 0 Å². The number of rotatable bonds is 5. The monoisotopic (exact) mass is 336 g/mol. The minimum Gasteiger partial charge on any atom is -0.383 e. The first-order valence-electron chi connectivity index (χ1n) is 7.56. The molecular weight excluding hydrogens is 312 g/mol. The summed E-state index contributed by atoms with van der Waals surface area (Å²) in [5.41, 5.74) is 9.93. The summed E-state index contributed by atoms with van der Waals surface area (Å²) in [5, 5.41) is 7.60. The lowest BCUT2D eigenvalue weighted by Crippen LogP contribution is -2.28. The van der Waals surface area contributed by atoms with Crippen LogP contribution in [-0.2, 0) is 13.1 Å². The summed E-state index contributed by atoms with van der Waals surface area (Å²) in [4.78, 5) is 12.5. The van der Waals surface area contributed by atoms with E-state index in [-0.39, 0.29) is 18.0 Å². The summed E-state index contributed by atoms with van der Waals surface area (Å²) in [6, 6.07) is 7.99. The van der Waals surface area contributed by atoms with E-state index in [1.807, 2.05) is 31.2 Å². The molecule has 2 rings (SSSR count). The van der Waals surface area contributed by atoms with Crippen LogP contribution < -0.4 is 16.6 Å². The van der Waals surface area contributed by atoms with E-state index >= 15 is 0 Å². The Morgan fingerprint density at radius 3 is 2.35 bits per heavy atom. The third kappa shape index (κ3) is 4.12.